The van der Waals surface area contributed by atoms with E-state index in [-0.39, 0.29) is 36.3 Å². The summed E-state index contributed by atoms with van der Waals surface area (Å²) in [6.07, 6.45) is 0.363. The molecule has 8 heteroatoms. The second-order valence-electron chi connectivity index (χ2n) is 5.19. The van der Waals surface area contributed by atoms with Crippen LogP contribution in [0, 0.1) is 0 Å². The Labute approximate surface area is 155 Å². The number of hydrogen-bond acceptors (Lipinski definition) is 6. The van der Waals surface area contributed by atoms with Crippen molar-refractivity contribution in [3.8, 4) is 11.5 Å². The fraction of sp³-hybridized carbons (Fsp3) is 0.263. The number of ether oxygens (including phenoxy) is 3. The molecule has 0 aliphatic carbocycles. The molecule has 27 heavy (non-hydrogen) atoms. The lowest BCUT2D eigenvalue weighted by molar-refractivity contribution is -0.140. The van der Waals surface area contributed by atoms with E-state index in [1.54, 1.807) is 12.1 Å². The van der Waals surface area contributed by atoms with Gasteiger partial charge in [0.2, 0.25) is 0 Å². The molecule has 0 spiro atoms. The zero-order valence-corrected chi connectivity index (χ0v) is 14.9. The molecule has 0 aromatic heterocycles. The third-order valence-corrected chi connectivity index (χ3v) is 3.24. The van der Waals surface area contributed by atoms with E-state index < -0.39 is 6.61 Å². The Morgan fingerprint density at radius 2 is 1.26 bits per heavy atom. The van der Waals surface area contributed by atoms with Gasteiger partial charge in [-0.3, -0.25) is 9.59 Å². The van der Waals surface area contributed by atoms with Crippen molar-refractivity contribution in [1.29, 1.82) is 0 Å². The van der Waals surface area contributed by atoms with Gasteiger partial charge in [0.1, 0.15) is 11.5 Å². The quantitative estimate of drug-likeness (QED) is 0.773. The maximum atomic E-state index is 11.8. The molecule has 0 aliphatic heterocycles. The van der Waals surface area contributed by atoms with Gasteiger partial charge >= 0.3 is 18.6 Å². The van der Waals surface area contributed by atoms with E-state index in [0.29, 0.717) is 5.56 Å². The molecule has 2 aromatic rings. The molecule has 0 unspecified atom stereocenters. The first-order chi connectivity index (χ1) is 12.8. The second-order valence-corrected chi connectivity index (χ2v) is 5.19. The van der Waals surface area contributed by atoms with Crippen LogP contribution in [0.15, 0.2) is 48.5 Å². The van der Waals surface area contributed by atoms with Crippen molar-refractivity contribution in [2.75, 3.05) is 14.2 Å². The molecule has 1 N–H and O–H groups in total. The van der Waals surface area contributed by atoms with Gasteiger partial charge < -0.3 is 19.3 Å². The molecule has 0 saturated carbocycles. The number of rotatable bonds is 6. The summed E-state index contributed by atoms with van der Waals surface area (Å²) in [6, 6.07) is 12.3. The lowest BCUT2D eigenvalue weighted by Crippen LogP contribution is -2.05. The molecular weight excluding hydrogens is 362 g/mol. The minimum absolute atomic E-state index is 0.0682. The predicted molar refractivity (Wildman–Crippen MR) is 92.6 cm³/mol. The second kappa shape index (κ2) is 11.5. The lowest BCUT2D eigenvalue weighted by Gasteiger charge is -2.05. The third-order valence-electron chi connectivity index (χ3n) is 3.24. The van der Waals surface area contributed by atoms with Crippen molar-refractivity contribution in [3.05, 3.63) is 59.7 Å². The van der Waals surface area contributed by atoms with Crippen molar-refractivity contribution in [1.82, 2.24) is 0 Å². The molecule has 0 bridgehead atoms. The first kappa shape index (κ1) is 21.9. The number of phenolic OH excluding ortho intramolecular Hbond substituents is 1. The summed E-state index contributed by atoms with van der Waals surface area (Å²) in [5.74, 6) is -0.388. The monoisotopic (exact) mass is 382 g/mol. The number of phenols is 1. The third kappa shape index (κ3) is 9.20. The predicted octanol–water partition coefficient (Wildman–Crippen LogP) is 3.11. The minimum Gasteiger partial charge on any atom is -0.508 e. The highest BCUT2D eigenvalue weighted by atomic mass is 19.3. The van der Waals surface area contributed by atoms with Gasteiger partial charge in [0, 0.05) is 0 Å². The van der Waals surface area contributed by atoms with Gasteiger partial charge in [-0.05, 0) is 35.4 Å². The Kier molecular flexibility index (Phi) is 9.28. The summed E-state index contributed by atoms with van der Waals surface area (Å²) in [5, 5.41) is 8.93. The summed E-state index contributed by atoms with van der Waals surface area (Å²) in [5.41, 5.74) is 1.52. The Balaban J connectivity index is 0.000000277. The number of alkyl halides is 2. The minimum atomic E-state index is -2.84. The fourth-order valence-corrected chi connectivity index (χ4v) is 1.88. The van der Waals surface area contributed by atoms with Crippen LogP contribution in [0.1, 0.15) is 11.1 Å². The molecule has 0 radical (unpaired) electrons. The van der Waals surface area contributed by atoms with Crippen LogP contribution in [-0.4, -0.2) is 37.9 Å². The number of esters is 2. The van der Waals surface area contributed by atoms with Gasteiger partial charge in [0.05, 0.1) is 27.1 Å². The van der Waals surface area contributed by atoms with E-state index in [1.807, 2.05) is 0 Å². The van der Waals surface area contributed by atoms with E-state index in [2.05, 4.69) is 14.2 Å². The van der Waals surface area contributed by atoms with Crippen LogP contribution in [0.25, 0.3) is 0 Å². The number of benzene rings is 2. The van der Waals surface area contributed by atoms with Crippen LogP contribution in [0.3, 0.4) is 0 Å². The van der Waals surface area contributed by atoms with E-state index in [4.69, 9.17) is 5.11 Å². The topological polar surface area (TPSA) is 82.1 Å². The summed E-state index contributed by atoms with van der Waals surface area (Å²) in [6.45, 7) is -2.84. The zero-order chi connectivity index (χ0) is 20.2. The molecule has 2 rings (SSSR count). The van der Waals surface area contributed by atoms with Gasteiger partial charge in [-0.2, -0.15) is 8.78 Å². The summed E-state index contributed by atoms with van der Waals surface area (Å²) in [4.78, 5) is 21.7. The molecule has 2 aromatic carbocycles. The average molecular weight is 382 g/mol. The lowest BCUT2D eigenvalue weighted by atomic mass is 10.1. The van der Waals surface area contributed by atoms with Crippen molar-refractivity contribution in [3.63, 3.8) is 0 Å². The van der Waals surface area contributed by atoms with Gasteiger partial charge in [0.25, 0.3) is 0 Å². The summed E-state index contributed by atoms with van der Waals surface area (Å²) in [7, 11) is 2.64. The molecule has 6 nitrogen and oxygen atoms in total. The van der Waals surface area contributed by atoms with Crippen LogP contribution < -0.4 is 4.74 Å². The van der Waals surface area contributed by atoms with E-state index in [9.17, 15) is 18.4 Å². The highest BCUT2D eigenvalue weighted by molar-refractivity contribution is 5.72. The number of carbonyl (C=O) groups excluding carboxylic acids is 2. The van der Waals surface area contributed by atoms with Crippen LogP contribution in [0.4, 0.5) is 8.78 Å². The van der Waals surface area contributed by atoms with Crippen LogP contribution in [-0.2, 0) is 31.9 Å². The molecule has 0 amide bonds. The van der Waals surface area contributed by atoms with Crippen molar-refractivity contribution in [2.24, 2.45) is 0 Å². The van der Waals surface area contributed by atoms with Crippen molar-refractivity contribution in [2.45, 2.75) is 19.5 Å². The Morgan fingerprint density at radius 3 is 1.63 bits per heavy atom. The number of carbonyl (C=O) groups is 2. The largest absolute Gasteiger partial charge is 0.508 e. The van der Waals surface area contributed by atoms with Gasteiger partial charge in [-0.1, -0.05) is 24.3 Å². The van der Waals surface area contributed by atoms with Crippen LogP contribution in [0.2, 0.25) is 0 Å². The van der Waals surface area contributed by atoms with Gasteiger partial charge in [-0.25, -0.2) is 0 Å². The molecule has 0 aliphatic rings. The standard InChI is InChI=1S/C10H10F2O3.C9H10O3/c1-14-9(13)6-7-2-4-8(5-3-7)15-10(11)12;1-12-9(11)6-7-2-4-8(10)5-3-7/h2-5,10H,6H2,1H3;2-5,10H,6H2,1H3. The highest BCUT2D eigenvalue weighted by Gasteiger charge is 2.06. The maximum Gasteiger partial charge on any atom is 0.387 e. The smallest absolute Gasteiger partial charge is 0.387 e. The van der Waals surface area contributed by atoms with Crippen molar-refractivity contribution < 1.29 is 37.7 Å². The SMILES string of the molecule is COC(=O)Cc1ccc(O)cc1.COC(=O)Cc1ccc(OC(F)F)cc1. The van der Waals surface area contributed by atoms with E-state index >= 15 is 0 Å². The van der Waals surface area contributed by atoms with Crippen LogP contribution >= 0.6 is 0 Å². The Hall–Kier alpha value is -3.16. The number of halogens is 2. The number of hydrogen-bond donors (Lipinski definition) is 1. The summed E-state index contributed by atoms with van der Waals surface area (Å²) < 4.78 is 36.7. The highest BCUT2D eigenvalue weighted by Crippen LogP contribution is 2.15. The normalized spacial score (nSPS) is 9.81. The molecule has 0 saturated heterocycles. The Morgan fingerprint density at radius 1 is 0.852 bits per heavy atom. The van der Waals surface area contributed by atoms with Crippen LogP contribution in [0.5, 0.6) is 11.5 Å². The number of methoxy groups -OCH3 is 2. The molecule has 146 valence electrons. The van der Waals surface area contributed by atoms with Crippen molar-refractivity contribution >= 4 is 11.9 Å². The number of aromatic hydroxyl groups is 1. The fourth-order valence-electron chi connectivity index (χ4n) is 1.88. The van der Waals surface area contributed by atoms with E-state index in [0.717, 1.165) is 5.56 Å². The Bertz CT molecular complexity index is 714. The maximum absolute atomic E-state index is 11.8. The molecular formula is C19H20F2O6. The molecule has 0 fully saturated rings. The molecule has 0 heterocycles. The van der Waals surface area contributed by atoms with Gasteiger partial charge in [-0.15, -0.1) is 0 Å². The zero-order valence-electron chi connectivity index (χ0n) is 14.9. The first-order valence-electron chi connectivity index (χ1n) is 7.79. The summed E-state index contributed by atoms with van der Waals surface area (Å²) >= 11 is 0. The average Bonchev–Trinajstić information content (AvgIpc) is 2.65. The molecule has 0 atom stereocenters. The van der Waals surface area contributed by atoms with E-state index in [1.165, 1.54) is 50.6 Å². The first-order valence-corrected chi connectivity index (χ1v) is 7.79. The van der Waals surface area contributed by atoms with Gasteiger partial charge in [0.15, 0.2) is 0 Å².